The molecule has 11 heteroatoms. The van der Waals surface area contributed by atoms with Crippen LogP contribution in [0.5, 0.6) is 11.5 Å². The number of benzene rings is 3. The minimum Gasteiger partial charge on any atom is -0.490 e. The summed E-state index contributed by atoms with van der Waals surface area (Å²) in [6, 6.07) is 13.7. The van der Waals surface area contributed by atoms with Gasteiger partial charge in [-0.2, -0.15) is 0 Å². The van der Waals surface area contributed by atoms with Crippen LogP contribution in [0.25, 0.3) is 6.08 Å². The van der Waals surface area contributed by atoms with Gasteiger partial charge >= 0.3 is 0 Å². The van der Waals surface area contributed by atoms with Gasteiger partial charge in [0.15, 0.2) is 16.6 Å². The number of hydrogen-bond acceptors (Lipinski definition) is 5. The SMILES string of the molecule is CCOc1cc(/C=C2\C(=O)NC(=S)N(c3ccccc3F)C2=O)cc(Cl)c1OCc1ccc(Cl)cc1Cl. The van der Waals surface area contributed by atoms with E-state index in [-0.39, 0.29) is 39.5 Å². The van der Waals surface area contributed by atoms with Crippen LogP contribution in [-0.2, 0) is 16.2 Å². The van der Waals surface area contributed by atoms with Crippen molar-refractivity contribution in [1.29, 1.82) is 0 Å². The zero-order valence-electron chi connectivity index (χ0n) is 19.2. The lowest BCUT2D eigenvalue weighted by Gasteiger charge is -2.29. The number of rotatable bonds is 7. The Kier molecular flexibility index (Phi) is 8.34. The predicted octanol–water partition coefficient (Wildman–Crippen LogP) is 6.59. The third kappa shape index (κ3) is 5.88. The highest BCUT2D eigenvalue weighted by molar-refractivity contribution is 7.80. The van der Waals surface area contributed by atoms with Gasteiger partial charge in [0.05, 0.1) is 17.3 Å². The Hall–Kier alpha value is -3.17. The number of carbonyl (C=O) groups excluding carboxylic acids is 2. The average molecular weight is 580 g/mol. The average Bonchev–Trinajstić information content (AvgIpc) is 2.83. The van der Waals surface area contributed by atoms with E-state index in [0.29, 0.717) is 27.8 Å². The summed E-state index contributed by atoms with van der Waals surface area (Å²) in [4.78, 5) is 26.8. The van der Waals surface area contributed by atoms with Gasteiger partial charge in [0.2, 0.25) is 0 Å². The van der Waals surface area contributed by atoms with Crippen LogP contribution in [-0.4, -0.2) is 23.5 Å². The van der Waals surface area contributed by atoms with Crippen LogP contribution in [0.3, 0.4) is 0 Å². The van der Waals surface area contributed by atoms with Gasteiger partial charge in [-0.1, -0.05) is 53.0 Å². The van der Waals surface area contributed by atoms with Gasteiger partial charge in [-0.3, -0.25) is 14.9 Å². The maximum atomic E-state index is 14.4. The van der Waals surface area contributed by atoms with Gasteiger partial charge in [-0.25, -0.2) is 9.29 Å². The first-order valence-electron chi connectivity index (χ1n) is 10.9. The molecule has 0 spiro atoms. The van der Waals surface area contributed by atoms with E-state index in [0.717, 1.165) is 4.90 Å². The highest BCUT2D eigenvalue weighted by Crippen LogP contribution is 2.38. The summed E-state index contributed by atoms with van der Waals surface area (Å²) in [6.07, 6.45) is 1.32. The van der Waals surface area contributed by atoms with Crippen molar-refractivity contribution in [2.24, 2.45) is 0 Å². The Morgan fingerprint density at radius 3 is 2.49 bits per heavy atom. The van der Waals surface area contributed by atoms with E-state index in [4.69, 9.17) is 56.5 Å². The van der Waals surface area contributed by atoms with Crippen molar-refractivity contribution in [1.82, 2.24) is 5.32 Å². The van der Waals surface area contributed by atoms with E-state index in [9.17, 15) is 14.0 Å². The first-order chi connectivity index (χ1) is 17.7. The number of anilines is 1. The lowest BCUT2D eigenvalue weighted by molar-refractivity contribution is -0.122. The van der Waals surface area contributed by atoms with Crippen LogP contribution >= 0.6 is 47.0 Å². The molecule has 1 N–H and O–H groups in total. The smallest absolute Gasteiger partial charge is 0.270 e. The largest absolute Gasteiger partial charge is 0.490 e. The van der Waals surface area contributed by atoms with Gasteiger partial charge < -0.3 is 9.47 Å². The standard InChI is InChI=1S/C26H18Cl3FN2O4S/c1-2-35-22-11-14(10-19(29)23(22)36-13-15-7-8-16(27)12-18(15)28)9-17-24(33)31-26(37)32(25(17)34)21-6-4-3-5-20(21)30/h3-12H,2,13H2,1H3,(H,31,33,37)/b17-9+. The molecular formula is C26H18Cl3FN2O4S. The van der Waals surface area contributed by atoms with Crippen molar-refractivity contribution >= 4 is 75.7 Å². The molecule has 0 aromatic heterocycles. The van der Waals surface area contributed by atoms with Crippen molar-refractivity contribution in [3.05, 3.63) is 92.2 Å². The fraction of sp³-hybridized carbons (Fsp3) is 0.115. The van der Waals surface area contributed by atoms with E-state index < -0.39 is 17.6 Å². The van der Waals surface area contributed by atoms with Crippen LogP contribution in [0, 0.1) is 5.82 Å². The van der Waals surface area contributed by atoms with E-state index in [1.54, 1.807) is 37.3 Å². The maximum absolute atomic E-state index is 14.4. The van der Waals surface area contributed by atoms with Gasteiger partial charge in [-0.15, -0.1) is 0 Å². The van der Waals surface area contributed by atoms with Crippen molar-refractivity contribution in [3.63, 3.8) is 0 Å². The second-order valence-electron chi connectivity index (χ2n) is 7.70. The van der Waals surface area contributed by atoms with E-state index in [2.05, 4.69) is 5.32 Å². The zero-order chi connectivity index (χ0) is 26.7. The Morgan fingerprint density at radius 2 is 1.78 bits per heavy atom. The number of halogens is 4. The first kappa shape index (κ1) is 26.9. The number of carbonyl (C=O) groups is 2. The van der Waals surface area contributed by atoms with Gasteiger partial charge in [0.25, 0.3) is 11.8 Å². The highest BCUT2D eigenvalue weighted by atomic mass is 35.5. The molecule has 3 aromatic rings. The van der Waals surface area contributed by atoms with Crippen molar-refractivity contribution < 1.29 is 23.5 Å². The van der Waals surface area contributed by atoms with Crippen LogP contribution in [0.1, 0.15) is 18.1 Å². The number of thiocarbonyl (C=S) groups is 1. The van der Waals surface area contributed by atoms with Crippen molar-refractivity contribution in [2.75, 3.05) is 11.5 Å². The molecule has 1 fully saturated rings. The normalized spacial score (nSPS) is 14.7. The summed E-state index contributed by atoms with van der Waals surface area (Å²) < 4.78 is 26.0. The minimum atomic E-state index is -0.786. The summed E-state index contributed by atoms with van der Waals surface area (Å²) in [7, 11) is 0. The van der Waals surface area contributed by atoms with Crippen molar-refractivity contribution in [3.8, 4) is 11.5 Å². The monoisotopic (exact) mass is 578 g/mol. The van der Waals surface area contributed by atoms with Crippen LogP contribution in [0.2, 0.25) is 15.1 Å². The predicted molar refractivity (Wildman–Crippen MR) is 146 cm³/mol. The number of amides is 2. The number of nitrogens with zero attached hydrogens (tertiary/aromatic N) is 1. The molecule has 3 aromatic carbocycles. The molecule has 6 nitrogen and oxygen atoms in total. The summed E-state index contributed by atoms with van der Waals surface area (Å²) in [5.41, 5.74) is 0.715. The van der Waals surface area contributed by atoms with Crippen LogP contribution < -0.4 is 19.7 Å². The lowest BCUT2D eigenvalue weighted by atomic mass is 10.1. The molecule has 190 valence electrons. The van der Waals surface area contributed by atoms with Gasteiger partial charge in [0, 0.05) is 15.6 Å². The van der Waals surface area contributed by atoms with E-state index >= 15 is 0 Å². The highest BCUT2D eigenvalue weighted by Gasteiger charge is 2.35. The van der Waals surface area contributed by atoms with E-state index in [1.165, 1.54) is 30.3 Å². The second kappa shape index (κ2) is 11.5. The lowest BCUT2D eigenvalue weighted by Crippen LogP contribution is -2.54. The number of para-hydroxylation sites is 1. The molecule has 37 heavy (non-hydrogen) atoms. The summed E-state index contributed by atoms with van der Waals surface area (Å²) in [6.45, 7) is 2.17. The minimum absolute atomic E-state index is 0.0824. The first-order valence-corrected chi connectivity index (χ1v) is 12.4. The Morgan fingerprint density at radius 1 is 1.03 bits per heavy atom. The quantitative estimate of drug-likeness (QED) is 0.194. The number of hydrogen-bond donors (Lipinski definition) is 1. The maximum Gasteiger partial charge on any atom is 0.270 e. The molecule has 0 saturated carbocycles. The molecule has 1 aliphatic heterocycles. The third-order valence-corrected chi connectivity index (χ3v) is 6.38. The summed E-state index contributed by atoms with van der Waals surface area (Å²) in [5, 5.41) is 3.30. The molecule has 1 aliphatic rings. The van der Waals surface area contributed by atoms with Crippen molar-refractivity contribution in [2.45, 2.75) is 13.5 Å². The Balaban J connectivity index is 1.67. The molecular weight excluding hydrogens is 562 g/mol. The fourth-order valence-electron chi connectivity index (χ4n) is 3.54. The van der Waals surface area contributed by atoms with Gasteiger partial charge in [0.1, 0.15) is 18.0 Å². The van der Waals surface area contributed by atoms with Gasteiger partial charge in [-0.05, 0) is 67.2 Å². The molecule has 4 rings (SSSR count). The Bertz CT molecular complexity index is 1450. The van der Waals surface area contributed by atoms with Crippen LogP contribution in [0.15, 0.2) is 60.2 Å². The number of nitrogens with one attached hydrogen (secondary N) is 1. The Labute approximate surface area is 232 Å². The fourth-order valence-corrected chi connectivity index (χ4v) is 4.55. The molecule has 0 radical (unpaired) electrons. The zero-order valence-corrected chi connectivity index (χ0v) is 22.3. The molecule has 2 amide bonds. The van der Waals surface area contributed by atoms with E-state index in [1.807, 2.05) is 0 Å². The summed E-state index contributed by atoms with van der Waals surface area (Å²) in [5.74, 6) is -1.64. The summed E-state index contributed by atoms with van der Waals surface area (Å²) >= 11 is 23.8. The molecule has 1 heterocycles. The molecule has 0 aliphatic carbocycles. The molecule has 0 unspecified atom stereocenters. The molecule has 1 saturated heterocycles. The number of ether oxygens (including phenoxy) is 2. The molecule has 0 bridgehead atoms. The topological polar surface area (TPSA) is 67.9 Å². The second-order valence-corrected chi connectivity index (χ2v) is 9.33. The third-order valence-electron chi connectivity index (χ3n) is 5.22. The molecule has 0 atom stereocenters. The van der Waals surface area contributed by atoms with Crippen LogP contribution in [0.4, 0.5) is 10.1 Å².